The molecule has 174 valence electrons. The van der Waals surface area contributed by atoms with Gasteiger partial charge in [0.05, 0.1) is 5.39 Å². The summed E-state index contributed by atoms with van der Waals surface area (Å²) < 4.78 is 7.18. The Bertz CT molecular complexity index is 1630. The highest BCUT2D eigenvalue weighted by atomic mass is 16.5. The van der Waals surface area contributed by atoms with E-state index in [-0.39, 0.29) is 5.91 Å². The minimum Gasteiger partial charge on any atom is -0.355 e. The normalized spacial score (nSPS) is 10.9. The molecule has 9 heteroatoms. The molecule has 0 saturated carbocycles. The monoisotopic (exact) mass is 473 g/mol. The molecule has 0 saturated heterocycles. The van der Waals surface area contributed by atoms with Gasteiger partial charge in [0.2, 0.25) is 0 Å². The third-order valence-electron chi connectivity index (χ3n) is 5.58. The van der Waals surface area contributed by atoms with Crippen LogP contribution in [0.15, 0.2) is 108 Å². The van der Waals surface area contributed by atoms with Crippen molar-refractivity contribution in [1.29, 1.82) is 0 Å². The van der Waals surface area contributed by atoms with Gasteiger partial charge in [0.1, 0.15) is 5.52 Å². The van der Waals surface area contributed by atoms with Crippen LogP contribution in [0.3, 0.4) is 0 Å². The zero-order valence-corrected chi connectivity index (χ0v) is 18.9. The van der Waals surface area contributed by atoms with Gasteiger partial charge >= 0.3 is 0 Å². The van der Waals surface area contributed by atoms with Gasteiger partial charge in [-0.15, -0.1) is 10.2 Å². The van der Waals surface area contributed by atoms with Crippen molar-refractivity contribution in [3.05, 3.63) is 109 Å². The first kappa shape index (κ1) is 21.2. The molecule has 36 heavy (non-hydrogen) atoms. The van der Waals surface area contributed by atoms with Crippen LogP contribution in [0, 0.1) is 0 Å². The number of aromatic nitrogens is 5. The lowest BCUT2D eigenvalue weighted by Gasteiger charge is -2.09. The Morgan fingerprint density at radius 3 is 2.42 bits per heavy atom. The van der Waals surface area contributed by atoms with Gasteiger partial charge in [-0.05, 0) is 60.7 Å². The number of hydrogen-bond acceptors (Lipinski definition) is 7. The number of anilines is 3. The van der Waals surface area contributed by atoms with E-state index in [9.17, 15) is 4.79 Å². The molecule has 3 aromatic carbocycles. The number of nitrogens with one attached hydrogen (secondary N) is 2. The first-order chi connectivity index (χ1) is 17.7. The van der Waals surface area contributed by atoms with E-state index in [1.807, 2.05) is 72.8 Å². The summed E-state index contributed by atoms with van der Waals surface area (Å²) in [6.07, 6.45) is 3.49. The fourth-order valence-corrected chi connectivity index (χ4v) is 3.79. The minimum atomic E-state index is -0.224. The van der Waals surface area contributed by atoms with Crippen LogP contribution in [0.1, 0.15) is 10.4 Å². The Balaban J connectivity index is 1.14. The summed E-state index contributed by atoms with van der Waals surface area (Å²) in [6, 6.07) is 27.8. The van der Waals surface area contributed by atoms with Crippen LogP contribution in [0.2, 0.25) is 0 Å². The van der Waals surface area contributed by atoms with Gasteiger partial charge in [-0.1, -0.05) is 35.5 Å². The molecule has 9 nitrogen and oxygen atoms in total. The van der Waals surface area contributed by atoms with Crippen molar-refractivity contribution in [3.63, 3.8) is 0 Å². The van der Waals surface area contributed by atoms with Gasteiger partial charge < -0.3 is 15.2 Å². The highest BCUT2D eigenvalue weighted by Crippen LogP contribution is 2.29. The van der Waals surface area contributed by atoms with E-state index in [0.29, 0.717) is 34.2 Å². The molecule has 6 rings (SSSR count). The van der Waals surface area contributed by atoms with Gasteiger partial charge in [0, 0.05) is 34.9 Å². The molecule has 0 aliphatic heterocycles. The number of hydrogen-bond donors (Lipinski definition) is 2. The lowest BCUT2D eigenvalue weighted by Crippen LogP contribution is -2.11. The third kappa shape index (κ3) is 4.28. The molecule has 0 bridgehead atoms. The smallest absolute Gasteiger partial charge is 0.255 e. The Kier molecular flexibility index (Phi) is 5.40. The Morgan fingerprint density at radius 1 is 0.833 bits per heavy atom. The average Bonchev–Trinajstić information content (AvgIpc) is 3.61. The van der Waals surface area contributed by atoms with E-state index >= 15 is 0 Å². The Labute approximate surface area is 205 Å². The lowest BCUT2D eigenvalue weighted by atomic mass is 10.1. The molecule has 0 spiro atoms. The van der Waals surface area contributed by atoms with E-state index < -0.39 is 0 Å². The zero-order chi connectivity index (χ0) is 24.3. The van der Waals surface area contributed by atoms with E-state index in [4.69, 9.17) is 4.52 Å². The number of carbonyl (C=O) groups excluding carboxylic acids is 1. The van der Waals surface area contributed by atoms with Gasteiger partial charge in [0.15, 0.2) is 17.4 Å². The van der Waals surface area contributed by atoms with Crippen LogP contribution in [-0.4, -0.2) is 31.0 Å². The van der Waals surface area contributed by atoms with Crippen LogP contribution in [0.25, 0.3) is 28.0 Å². The number of rotatable bonds is 6. The summed E-state index contributed by atoms with van der Waals surface area (Å²) in [5.74, 6) is 1.64. The number of benzene rings is 3. The lowest BCUT2D eigenvalue weighted by molar-refractivity contribution is 0.102. The maximum Gasteiger partial charge on any atom is 0.255 e. The standard InChI is InChI=1S/C27H19N7O2/c35-27(19-7-12-23-22(17-19)26(36-33-23)18-5-2-1-3-6-18)30-21-10-8-20(9-11-21)29-24-13-14-25(32-31-24)34-16-4-15-28-34/h1-17H,(H,29,31)(H,30,35). The van der Waals surface area contributed by atoms with Crippen LogP contribution >= 0.6 is 0 Å². The van der Waals surface area contributed by atoms with Gasteiger partial charge in [0.25, 0.3) is 5.91 Å². The van der Waals surface area contributed by atoms with Crippen molar-refractivity contribution in [2.45, 2.75) is 0 Å². The number of nitrogens with zero attached hydrogens (tertiary/aromatic N) is 5. The SMILES string of the molecule is O=C(Nc1ccc(Nc2ccc(-n3cccn3)nn2)cc1)c1ccc2noc(-c3ccccc3)c2c1. The molecule has 0 unspecified atom stereocenters. The van der Waals surface area contributed by atoms with E-state index in [0.717, 1.165) is 16.6 Å². The molecule has 0 aliphatic carbocycles. The van der Waals surface area contributed by atoms with E-state index in [1.54, 1.807) is 35.3 Å². The molecule has 2 N–H and O–H groups in total. The minimum absolute atomic E-state index is 0.224. The maximum atomic E-state index is 12.9. The maximum absolute atomic E-state index is 12.9. The fourth-order valence-electron chi connectivity index (χ4n) is 3.79. The zero-order valence-electron chi connectivity index (χ0n) is 18.9. The van der Waals surface area contributed by atoms with Crippen molar-refractivity contribution in [2.75, 3.05) is 10.6 Å². The highest BCUT2D eigenvalue weighted by Gasteiger charge is 2.14. The number of amides is 1. The summed E-state index contributed by atoms with van der Waals surface area (Å²) in [4.78, 5) is 12.9. The van der Waals surface area contributed by atoms with Crippen molar-refractivity contribution < 1.29 is 9.32 Å². The Hall–Kier alpha value is -5.31. The molecule has 0 fully saturated rings. The third-order valence-corrected chi connectivity index (χ3v) is 5.58. The van der Waals surface area contributed by atoms with Crippen molar-refractivity contribution in [2.24, 2.45) is 0 Å². The molecule has 0 atom stereocenters. The second-order valence-electron chi connectivity index (χ2n) is 7.99. The highest BCUT2D eigenvalue weighted by molar-refractivity contribution is 6.07. The molecular formula is C27H19N7O2. The molecule has 3 heterocycles. The molecule has 6 aromatic rings. The summed E-state index contributed by atoms with van der Waals surface area (Å²) >= 11 is 0. The summed E-state index contributed by atoms with van der Waals surface area (Å²) in [5.41, 5.74) is 3.59. The quantitative estimate of drug-likeness (QED) is 0.330. The largest absolute Gasteiger partial charge is 0.355 e. The molecule has 0 radical (unpaired) electrons. The second-order valence-corrected chi connectivity index (χ2v) is 7.99. The molecular weight excluding hydrogens is 454 g/mol. The number of fused-ring (bicyclic) bond motifs is 1. The van der Waals surface area contributed by atoms with Gasteiger partial charge in [-0.3, -0.25) is 4.79 Å². The molecule has 0 aliphatic rings. The van der Waals surface area contributed by atoms with Gasteiger partial charge in [-0.25, -0.2) is 4.68 Å². The summed E-state index contributed by atoms with van der Waals surface area (Å²) in [6.45, 7) is 0. The fraction of sp³-hybridized carbons (Fsp3) is 0. The van der Waals surface area contributed by atoms with Gasteiger partial charge in [-0.2, -0.15) is 5.10 Å². The topological polar surface area (TPSA) is 111 Å². The first-order valence-electron chi connectivity index (χ1n) is 11.2. The molecule has 1 amide bonds. The van der Waals surface area contributed by atoms with E-state index in [2.05, 4.69) is 31.1 Å². The first-order valence-corrected chi connectivity index (χ1v) is 11.2. The summed E-state index contributed by atoms with van der Waals surface area (Å²) in [7, 11) is 0. The van der Waals surface area contributed by atoms with Crippen LogP contribution in [0.4, 0.5) is 17.2 Å². The average molecular weight is 473 g/mol. The van der Waals surface area contributed by atoms with Crippen LogP contribution in [-0.2, 0) is 0 Å². The number of carbonyl (C=O) groups is 1. The predicted octanol–water partition coefficient (Wildman–Crippen LogP) is 5.47. The van der Waals surface area contributed by atoms with Crippen LogP contribution in [0.5, 0.6) is 0 Å². The second kappa shape index (κ2) is 9.15. The van der Waals surface area contributed by atoms with E-state index in [1.165, 1.54) is 0 Å². The van der Waals surface area contributed by atoms with Crippen molar-refractivity contribution in [1.82, 2.24) is 25.1 Å². The molecule has 3 aromatic heterocycles. The predicted molar refractivity (Wildman–Crippen MR) is 136 cm³/mol. The summed E-state index contributed by atoms with van der Waals surface area (Å²) in [5, 5.41) is 23.5. The Morgan fingerprint density at radius 2 is 1.67 bits per heavy atom. The van der Waals surface area contributed by atoms with Crippen molar-refractivity contribution in [3.8, 4) is 17.1 Å². The van der Waals surface area contributed by atoms with Crippen molar-refractivity contribution >= 4 is 34.0 Å². The van der Waals surface area contributed by atoms with Crippen LogP contribution < -0.4 is 10.6 Å².